The normalized spacial score (nSPS) is 10.8. The molecule has 0 saturated heterocycles. The smallest absolute Gasteiger partial charge is 0.329 e. The van der Waals surface area contributed by atoms with E-state index in [2.05, 4.69) is 0 Å². The summed E-state index contributed by atoms with van der Waals surface area (Å²) in [7, 11) is 3.26. The number of amides is 2. The highest BCUT2D eigenvalue weighted by molar-refractivity contribution is 5.85. The topological polar surface area (TPSA) is 67.6 Å². The van der Waals surface area contributed by atoms with Crippen LogP contribution in [-0.4, -0.2) is 57.4 Å². The zero-order chi connectivity index (χ0) is 17.9. The average Bonchev–Trinajstić information content (AvgIpc) is 2.81. The van der Waals surface area contributed by atoms with Crippen molar-refractivity contribution in [3.8, 4) is 0 Å². The quantitative estimate of drug-likeness (QED) is 0.781. The molecular formula is C17H24N4O3. The number of aromatic nitrogens is 2. The number of fused-ring (bicyclic) bond motifs is 1. The molecule has 1 aromatic carbocycles. The molecule has 1 heterocycles. The van der Waals surface area contributed by atoms with Gasteiger partial charge in [-0.05, 0) is 26.0 Å². The van der Waals surface area contributed by atoms with Crippen molar-refractivity contribution in [3.63, 3.8) is 0 Å². The molecule has 24 heavy (non-hydrogen) atoms. The van der Waals surface area contributed by atoms with Crippen molar-refractivity contribution >= 4 is 22.8 Å². The van der Waals surface area contributed by atoms with Crippen molar-refractivity contribution in [1.82, 2.24) is 18.9 Å². The molecule has 0 fully saturated rings. The van der Waals surface area contributed by atoms with E-state index in [9.17, 15) is 14.4 Å². The average molecular weight is 332 g/mol. The highest BCUT2D eigenvalue weighted by atomic mass is 16.2. The second kappa shape index (κ2) is 7.33. The maximum atomic E-state index is 12.4. The van der Waals surface area contributed by atoms with E-state index < -0.39 is 0 Å². The third kappa shape index (κ3) is 3.34. The Balaban J connectivity index is 2.17. The van der Waals surface area contributed by atoms with Crippen molar-refractivity contribution in [2.24, 2.45) is 7.05 Å². The number of benzene rings is 1. The molecule has 0 aliphatic rings. The molecule has 130 valence electrons. The Kier molecular flexibility index (Phi) is 5.43. The third-order valence-electron chi connectivity index (χ3n) is 4.26. The number of para-hydroxylation sites is 2. The number of nitrogens with zero attached hydrogens (tertiary/aromatic N) is 4. The Morgan fingerprint density at radius 3 is 2.21 bits per heavy atom. The van der Waals surface area contributed by atoms with E-state index in [4.69, 9.17) is 0 Å². The molecular weight excluding hydrogens is 308 g/mol. The van der Waals surface area contributed by atoms with Gasteiger partial charge in [-0.15, -0.1) is 0 Å². The standard InChI is InChI=1S/C17H24N4O3/c1-5-20(6-2)16(23)11-18(3)15(22)12-21-14-10-8-7-9-13(14)19(4)17(21)24/h7-10H,5-6,11-12H2,1-4H3. The summed E-state index contributed by atoms with van der Waals surface area (Å²) in [5.41, 5.74) is 1.24. The second-order valence-electron chi connectivity index (χ2n) is 5.73. The van der Waals surface area contributed by atoms with Gasteiger partial charge < -0.3 is 9.80 Å². The van der Waals surface area contributed by atoms with Crippen LogP contribution in [0.3, 0.4) is 0 Å². The minimum Gasteiger partial charge on any atom is -0.342 e. The Bertz CT molecular complexity index is 802. The van der Waals surface area contributed by atoms with E-state index in [1.807, 2.05) is 38.1 Å². The van der Waals surface area contributed by atoms with Gasteiger partial charge in [0.1, 0.15) is 6.54 Å². The van der Waals surface area contributed by atoms with Crippen molar-refractivity contribution < 1.29 is 9.59 Å². The summed E-state index contributed by atoms with van der Waals surface area (Å²) in [6.45, 7) is 4.96. The molecule has 7 heteroatoms. The van der Waals surface area contributed by atoms with Gasteiger partial charge in [0.2, 0.25) is 11.8 Å². The first-order chi connectivity index (χ1) is 11.4. The van der Waals surface area contributed by atoms with Gasteiger partial charge in [-0.3, -0.25) is 18.7 Å². The molecule has 0 atom stereocenters. The molecule has 0 unspecified atom stereocenters. The Morgan fingerprint density at radius 1 is 1.04 bits per heavy atom. The maximum Gasteiger partial charge on any atom is 0.329 e. The third-order valence-corrected chi connectivity index (χ3v) is 4.26. The minimum atomic E-state index is -0.269. The highest BCUT2D eigenvalue weighted by Crippen LogP contribution is 2.11. The predicted octanol–water partition coefficient (Wildman–Crippen LogP) is 0.667. The summed E-state index contributed by atoms with van der Waals surface area (Å²) in [6.07, 6.45) is 0. The van der Waals surface area contributed by atoms with Gasteiger partial charge in [0.15, 0.2) is 0 Å². The molecule has 0 bridgehead atoms. The van der Waals surface area contributed by atoms with Crippen LogP contribution in [0.25, 0.3) is 11.0 Å². The zero-order valence-electron chi connectivity index (χ0n) is 14.7. The first-order valence-electron chi connectivity index (χ1n) is 8.06. The van der Waals surface area contributed by atoms with E-state index >= 15 is 0 Å². The van der Waals surface area contributed by atoms with Crippen molar-refractivity contribution in [3.05, 3.63) is 34.7 Å². The minimum absolute atomic E-state index is 0.0139. The van der Waals surface area contributed by atoms with Gasteiger partial charge in [0, 0.05) is 27.2 Å². The monoisotopic (exact) mass is 332 g/mol. The summed E-state index contributed by atoms with van der Waals surface area (Å²) in [4.78, 5) is 39.9. The van der Waals surface area contributed by atoms with Crippen LogP contribution >= 0.6 is 0 Å². The number of hydrogen-bond acceptors (Lipinski definition) is 3. The van der Waals surface area contributed by atoms with E-state index in [-0.39, 0.29) is 30.6 Å². The molecule has 0 aliphatic carbocycles. The molecule has 1 aromatic heterocycles. The lowest BCUT2D eigenvalue weighted by molar-refractivity contribution is -0.139. The van der Waals surface area contributed by atoms with Crippen LogP contribution in [0.1, 0.15) is 13.8 Å². The second-order valence-corrected chi connectivity index (χ2v) is 5.73. The van der Waals surface area contributed by atoms with Crippen LogP contribution in [0.15, 0.2) is 29.1 Å². The summed E-state index contributed by atoms with van der Waals surface area (Å²) in [6, 6.07) is 7.33. The lowest BCUT2D eigenvalue weighted by Gasteiger charge is -2.23. The van der Waals surface area contributed by atoms with Crippen molar-refractivity contribution in [2.45, 2.75) is 20.4 Å². The Morgan fingerprint density at radius 2 is 1.62 bits per heavy atom. The van der Waals surface area contributed by atoms with Gasteiger partial charge >= 0.3 is 5.69 Å². The van der Waals surface area contributed by atoms with E-state index in [1.54, 1.807) is 19.0 Å². The SMILES string of the molecule is CCN(CC)C(=O)CN(C)C(=O)Cn1c(=O)n(C)c2ccccc21. The van der Waals surface area contributed by atoms with Gasteiger partial charge in [0.25, 0.3) is 0 Å². The Hall–Kier alpha value is -2.57. The van der Waals surface area contributed by atoms with Crippen molar-refractivity contribution in [2.75, 3.05) is 26.7 Å². The fraction of sp³-hybridized carbons (Fsp3) is 0.471. The Labute approximate surface area is 141 Å². The van der Waals surface area contributed by atoms with Crippen LogP contribution in [0.2, 0.25) is 0 Å². The molecule has 0 saturated carbocycles. The van der Waals surface area contributed by atoms with Gasteiger partial charge in [-0.1, -0.05) is 12.1 Å². The van der Waals surface area contributed by atoms with E-state index in [1.165, 1.54) is 14.0 Å². The maximum absolute atomic E-state index is 12.4. The molecule has 0 aliphatic heterocycles. The fourth-order valence-electron chi connectivity index (χ4n) is 2.74. The van der Waals surface area contributed by atoms with Gasteiger partial charge in [-0.2, -0.15) is 0 Å². The summed E-state index contributed by atoms with van der Waals surface area (Å²) >= 11 is 0. The molecule has 0 radical (unpaired) electrons. The number of hydrogen-bond donors (Lipinski definition) is 0. The number of aryl methyl sites for hydroxylation is 1. The molecule has 2 aromatic rings. The van der Waals surface area contributed by atoms with Gasteiger partial charge in [-0.25, -0.2) is 4.79 Å². The summed E-state index contributed by atoms with van der Waals surface area (Å²) < 4.78 is 2.96. The molecule has 0 spiro atoms. The molecule has 2 rings (SSSR count). The molecule has 2 amide bonds. The lowest BCUT2D eigenvalue weighted by atomic mass is 10.3. The highest BCUT2D eigenvalue weighted by Gasteiger charge is 2.19. The number of likely N-dealkylation sites (N-methyl/N-ethyl adjacent to an activating group) is 2. The van der Waals surface area contributed by atoms with Crippen LogP contribution in [0.5, 0.6) is 0 Å². The van der Waals surface area contributed by atoms with Crippen LogP contribution < -0.4 is 5.69 Å². The van der Waals surface area contributed by atoms with Gasteiger partial charge in [0.05, 0.1) is 17.6 Å². The predicted molar refractivity (Wildman–Crippen MR) is 92.7 cm³/mol. The molecule has 7 nitrogen and oxygen atoms in total. The zero-order valence-corrected chi connectivity index (χ0v) is 14.7. The summed E-state index contributed by atoms with van der Waals surface area (Å²) in [5.74, 6) is -0.366. The van der Waals surface area contributed by atoms with Crippen LogP contribution in [0.4, 0.5) is 0 Å². The fourth-order valence-corrected chi connectivity index (χ4v) is 2.74. The van der Waals surface area contributed by atoms with Crippen LogP contribution in [0, 0.1) is 0 Å². The lowest BCUT2D eigenvalue weighted by Crippen LogP contribution is -2.42. The van der Waals surface area contributed by atoms with E-state index in [0.29, 0.717) is 18.6 Å². The number of carbonyl (C=O) groups is 2. The van der Waals surface area contributed by atoms with Crippen LogP contribution in [-0.2, 0) is 23.2 Å². The number of rotatable bonds is 6. The van der Waals surface area contributed by atoms with E-state index in [0.717, 1.165) is 5.52 Å². The first kappa shape index (κ1) is 17.8. The molecule has 0 N–H and O–H groups in total. The number of carbonyl (C=O) groups excluding carboxylic acids is 2. The largest absolute Gasteiger partial charge is 0.342 e. The summed E-state index contributed by atoms with van der Waals surface area (Å²) in [5, 5.41) is 0. The number of imidazole rings is 1. The van der Waals surface area contributed by atoms with Crippen molar-refractivity contribution in [1.29, 1.82) is 0 Å². The first-order valence-corrected chi connectivity index (χ1v) is 8.06.